The molecule has 6 heteroatoms. The van der Waals surface area contributed by atoms with Gasteiger partial charge in [-0.25, -0.2) is 4.98 Å². The molecular weight excluding hydrogens is 306 g/mol. The highest BCUT2D eigenvalue weighted by molar-refractivity contribution is 5.77. The van der Waals surface area contributed by atoms with Crippen molar-refractivity contribution in [1.82, 2.24) is 9.97 Å². The molecule has 0 unspecified atom stereocenters. The van der Waals surface area contributed by atoms with Crippen LogP contribution in [0.4, 0.5) is 11.7 Å². The van der Waals surface area contributed by atoms with Crippen molar-refractivity contribution < 1.29 is 13.6 Å². The Hall–Kier alpha value is -3.28. The van der Waals surface area contributed by atoms with Crippen molar-refractivity contribution in [2.75, 3.05) is 12.4 Å². The molecule has 2 heterocycles. The lowest BCUT2D eigenvalue weighted by Crippen LogP contribution is -1.93. The number of methoxy groups -OCH3 is 1. The van der Waals surface area contributed by atoms with Crippen molar-refractivity contribution in [3.8, 4) is 17.1 Å². The van der Waals surface area contributed by atoms with Crippen molar-refractivity contribution in [1.29, 1.82) is 0 Å². The van der Waals surface area contributed by atoms with Gasteiger partial charge < -0.3 is 18.9 Å². The summed E-state index contributed by atoms with van der Waals surface area (Å²) in [6.45, 7) is 2.02. The quantitative estimate of drug-likeness (QED) is 0.594. The van der Waals surface area contributed by atoms with Gasteiger partial charge in [0.25, 0.3) is 6.01 Å². The van der Waals surface area contributed by atoms with Crippen LogP contribution in [0.3, 0.4) is 0 Å². The minimum absolute atomic E-state index is 0.435. The number of fused-ring (bicyclic) bond motifs is 1. The molecule has 0 spiro atoms. The van der Waals surface area contributed by atoms with E-state index in [2.05, 4.69) is 15.3 Å². The number of nitrogens with one attached hydrogen (secondary N) is 1. The highest BCUT2D eigenvalue weighted by atomic mass is 16.5. The fraction of sp³-hybridized carbons (Fsp3) is 0.111. The maximum atomic E-state index is 5.74. The summed E-state index contributed by atoms with van der Waals surface area (Å²) in [5.41, 5.74) is 4.33. The van der Waals surface area contributed by atoms with Gasteiger partial charge in [0.2, 0.25) is 0 Å². The molecular formula is C18H15N3O3. The van der Waals surface area contributed by atoms with E-state index < -0.39 is 0 Å². The van der Waals surface area contributed by atoms with E-state index in [1.165, 1.54) is 6.39 Å². The van der Waals surface area contributed by atoms with Crippen molar-refractivity contribution in [3.63, 3.8) is 0 Å². The third kappa shape index (κ3) is 2.58. The van der Waals surface area contributed by atoms with E-state index in [0.717, 1.165) is 27.9 Å². The first-order valence-electron chi connectivity index (χ1n) is 7.44. The third-order valence-electron chi connectivity index (χ3n) is 3.69. The molecule has 0 fully saturated rings. The average molecular weight is 321 g/mol. The molecule has 0 aliphatic rings. The zero-order valence-corrected chi connectivity index (χ0v) is 13.2. The van der Waals surface area contributed by atoms with Gasteiger partial charge in [-0.05, 0) is 36.8 Å². The number of oxazole rings is 2. The van der Waals surface area contributed by atoms with Crippen LogP contribution in [0.2, 0.25) is 0 Å². The van der Waals surface area contributed by atoms with Crippen LogP contribution in [0.5, 0.6) is 5.75 Å². The summed E-state index contributed by atoms with van der Waals surface area (Å²) >= 11 is 0. The summed E-state index contributed by atoms with van der Waals surface area (Å²) in [5.74, 6) is 1.32. The number of nitrogens with zero attached hydrogens (tertiary/aromatic N) is 2. The topological polar surface area (TPSA) is 73.3 Å². The molecule has 2 aromatic heterocycles. The number of hydrogen-bond donors (Lipinski definition) is 1. The minimum Gasteiger partial charge on any atom is -0.496 e. The smallest absolute Gasteiger partial charge is 0.300 e. The van der Waals surface area contributed by atoms with E-state index in [1.807, 2.05) is 43.3 Å². The number of anilines is 2. The van der Waals surface area contributed by atoms with Crippen molar-refractivity contribution in [2.24, 2.45) is 0 Å². The normalized spacial score (nSPS) is 10.9. The van der Waals surface area contributed by atoms with Crippen LogP contribution in [0.15, 0.2) is 57.8 Å². The van der Waals surface area contributed by atoms with Crippen LogP contribution in [-0.2, 0) is 0 Å². The van der Waals surface area contributed by atoms with E-state index in [0.29, 0.717) is 17.5 Å². The number of benzene rings is 2. The lowest BCUT2D eigenvalue weighted by atomic mass is 10.1. The molecule has 1 N–H and O–H groups in total. The summed E-state index contributed by atoms with van der Waals surface area (Å²) in [6.07, 6.45) is 3.04. The van der Waals surface area contributed by atoms with Crippen molar-refractivity contribution in [2.45, 2.75) is 6.92 Å². The minimum atomic E-state index is 0.435. The first-order valence-corrected chi connectivity index (χ1v) is 7.44. The Labute approximate surface area is 138 Å². The predicted molar refractivity (Wildman–Crippen MR) is 90.5 cm³/mol. The monoisotopic (exact) mass is 321 g/mol. The summed E-state index contributed by atoms with van der Waals surface area (Å²) in [6, 6.07) is 12.0. The predicted octanol–water partition coefficient (Wildman–Crippen LogP) is 4.54. The van der Waals surface area contributed by atoms with Crippen LogP contribution in [0.25, 0.3) is 22.4 Å². The van der Waals surface area contributed by atoms with Gasteiger partial charge in [0.15, 0.2) is 17.7 Å². The zero-order valence-electron chi connectivity index (χ0n) is 13.2. The maximum Gasteiger partial charge on any atom is 0.300 e. The fourth-order valence-corrected chi connectivity index (χ4v) is 2.53. The molecule has 0 radical (unpaired) electrons. The van der Waals surface area contributed by atoms with Gasteiger partial charge in [-0.1, -0.05) is 6.07 Å². The van der Waals surface area contributed by atoms with Gasteiger partial charge in [-0.15, -0.1) is 0 Å². The SMILES string of the molecule is COc1cc(Nc2nc3ccc(C)cc3o2)ccc1-c1cnco1. The second-order valence-electron chi connectivity index (χ2n) is 5.40. The number of aryl methyl sites for hydroxylation is 1. The Balaban J connectivity index is 1.66. The molecule has 24 heavy (non-hydrogen) atoms. The van der Waals surface area contributed by atoms with Gasteiger partial charge in [0.1, 0.15) is 11.3 Å². The second kappa shape index (κ2) is 5.73. The van der Waals surface area contributed by atoms with Crippen LogP contribution >= 0.6 is 0 Å². The van der Waals surface area contributed by atoms with E-state index in [1.54, 1.807) is 13.3 Å². The molecule has 0 atom stereocenters. The molecule has 0 aliphatic carbocycles. The van der Waals surface area contributed by atoms with E-state index in [9.17, 15) is 0 Å². The summed E-state index contributed by atoms with van der Waals surface area (Å²) in [4.78, 5) is 8.36. The zero-order chi connectivity index (χ0) is 16.5. The van der Waals surface area contributed by atoms with Crippen molar-refractivity contribution in [3.05, 3.63) is 54.6 Å². The Morgan fingerprint density at radius 2 is 2.04 bits per heavy atom. The van der Waals surface area contributed by atoms with Crippen LogP contribution in [0.1, 0.15) is 5.56 Å². The van der Waals surface area contributed by atoms with Gasteiger partial charge in [-0.2, -0.15) is 4.98 Å². The Morgan fingerprint density at radius 3 is 2.83 bits per heavy atom. The van der Waals surface area contributed by atoms with Crippen LogP contribution < -0.4 is 10.1 Å². The Morgan fingerprint density at radius 1 is 1.12 bits per heavy atom. The molecule has 0 amide bonds. The second-order valence-corrected chi connectivity index (χ2v) is 5.40. The van der Waals surface area contributed by atoms with Gasteiger partial charge in [0, 0.05) is 11.8 Å². The fourth-order valence-electron chi connectivity index (χ4n) is 2.53. The summed E-state index contributed by atoms with van der Waals surface area (Å²) < 4.78 is 16.5. The van der Waals surface area contributed by atoms with Crippen LogP contribution in [0, 0.1) is 6.92 Å². The molecule has 4 aromatic rings. The largest absolute Gasteiger partial charge is 0.496 e. The number of hydrogen-bond acceptors (Lipinski definition) is 6. The Bertz CT molecular complexity index is 990. The summed E-state index contributed by atoms with van der Waals surface area (Å²) in [5, 5.41) is 3.16. The van der Waals surface area contributed by atoms with Gasteiger partial charge in [-0.3, -0.25) is 0 Å². The first-order chi connectivity index (χ1) is 11.7. The highest BCUT2D eigenvalue weighted by Crippen LogP contribution is 2.33. The van der Waals surface area contributed by atoms with Crippen LogP contribution in [-0.4, -0.2) is 17.1 Å². The van der Waals surface area contributed by atoms with E-state index in [4.69, 9.17) is 13.6 Å². The highest BCUT2D eigenvalue weighted by Gasteiger charge is 2.12. The molecule has 0 saturated carbocycles. The standard InChI is InChI=1S/C18H15N3O3/c1-11-3-6-14-16(7-11)24-18(21-14)20-12-4-5-13(15(8-12)22-2)17-9-19-10-23-17/h3-10H,1-2H3,(H,20,21). The van der Waals surface area contributed by atoms with Crippen molar-refractivity contribution >= 4 is 22.8 Å². The Kier molecular flexibility index (Phi) is 3.42. The molecule has 0 saturated heterocycles. The maximum absolute atomic E-state index is 5.74. The molecule has 6 nitrogen and oxygen atoms in total. The molecule has 0 aliphatic heterocycles. The number of rotatable bonds is 4. The number of aromatic nitrogens is 2. The van der Waals surface area contributed by atoms with E-state index >= 15 is 0 Å². The lowest BCUT2D eigenvalue weighted by Gasteiger charge is -2.08. The lowest BCUT2D eigenvalue weighted by molar-refractivity contribution is 0.415. The first kappa shape index (κ1) is 14.3. The molecule has 0 bridgehead atoms. The van der Waals surface area contributed by atoms with E-state index in [-0.39, 0.29) is 0 Å². The summed E-state index contributed by atoms with van der Waals surface area (Å²) in [7, 11) is 1.61. The molecule has 120 valence electrons. The molecule has 4 rings (SSSR count). The average Bonchev–Trinajstić information content (AvgIpc) is 3.23. The van der Waals surface area contributed by atoms with Gasteiger partial charge >= 0.3 is 0 Å². The van der Waals surface area contributed by atoms with Gasteiger partial charge in [0.05, 0.1) is 18.9 Å². The number of ether oxygens (including phenoxy) is 1. The third-order valence-corrected chi connectivity index (χ3v) is 3.69. The molecule has 2 aromatic carbocycles.